The Labute approximate surface area is 143 Å². The van der Waals surface area contributed by atoms with Crippen LogP contribution in [0.1, 0.15) is 18.4 Å². The number of ether oxygens (including phenoxy) is 2. The molecule has 0 aromatic heterocycles. The lowest BCUT2D eigenvalue weighted by molar-refractivity contribution is -0.120. The lowest BCUT2D eigenvalue weighted by atomic mass is 10.2. The Morgan fingerprint density at radius 2 is 2.25 bits per heavy atom. The second-order valence-corrected chi connectivity index (χ2v) is 6.45. The van der Waals surface area contributed by atoms with Crippen molar-refractivity contribution in [3.63, 3.8) is 0 Å². The van der Waals surface area contributed by atoms with Crippen molar-refractivity contribution < 1.29 is 14.3 Å². The molecule has 2 aliphatic rings. The van der Waals surface area contributed by atoms with Gasteiger partial charge < -0.3 is 20.1 Å². The van der Waals surface area contributed by atoms with E-state index in [1.165, 1.54) is 25.9 Å². The minimum absolute atomic E-state index is 0.0585. The zero-order valence-electron chi connectivity index (χ0n) is 14.3. The van der Waals surface area contributed by atoms with Gasteiger partial charge in [-0.2, -0.15) is 0 Å². The summed E-state index contributed by atoms with van der Waals surface area (Å²) >= 11 is 0. The molecule has 0 aliphatic carbocycles. The molecule has 0 radical (unpaired) electrons. The summed E-state index contributed by atoms with van der Waals surface area (Å²) in [5.74, 6) is 0.822. The van der Waals surface area contributed by atoms with Crippen LogP contribution in [0.5, 0.6) is 5.75 Å². The van der Waals surface area contributed by atoms with Gasteiger partial charge in [0, 0.05) is 18.8 Å². The first kappa shape index (κ1) is 17.2. The highest BCUT2D eigenvalue weighted by Gasteiger charge is 2.21. The van der Waals surface area contributed by atoms with E-state index in [0.29, 0.717) is 26.4 Å². The quantitative estimate of drug-likeness (QED) is 0.824. The third-order valence-electron chi connectivity index (χ3n) is 4.54. The van der Waals surface area contributed by atoms with Gasteiger partial charge in [0.05, 0.1) is 13.2 Å². The number of hydrogen-bond donors (Lipinski definition) is 2. The van der Waals surface area contributed by atoms with Gasteiger partial charge in [0.2, 0.25) is 5.91 Å². The SMILES string of the molecule is Cc1cc(NC(=O)C2COCCN2)ccc1OCCN1CCCC1. The van der Waals surface area contributed by atoms with Crippen LogP contribution < -0.4 is 15.4 Å². The number of aryl methyl sites for hydroxylation is 1. The molecular weight excluding hydrogens is 306 g/mol. The number of nitrogens with zero attached hydrogens (tertiary/aromatic N) is 1. The first-order valence-electron chi connectivity index (χ1n) is 8.80. The molecule has 1 unspecified atom stereocenters. The maximum atomic E-state index is 12.2. The van der Waals surface area contributed by atoms with Gasteiger partial charge >= 0.3 is 0 Å². The molecule has 6 heteroatoms. The Balaban J connectivity index is 1.49. The van der Waals surface area contributed by atoms with Gasteiger partial charge in [-0.05, 0) is 56.6 Å². The molecule has 0 bridgehead atoms. The van der Waals surface area contributed by atoms with E-state index in [1.807, 2.05) is 25.1 Å². The van der Waals surface area contributed by atoms with Gasteiger partial charge in [0.25, 0.3) is 0 Å². The van der Waals surface area contributed by atoms with Crippen LogP contribution in [0.4, 0.5) is 5.69 Å². The molecule has 1 aromatic carbocycles. The number of morpholine rings is 1. The minimum Gasteiger partial charge on any atom is -0.492 e. The monoisotopic (exact) mass is 333 g/mol. The first-order valence-corrected chi connectivity index (χ1v) is 8.80. The minimum atomic E-state index is -0.282. The van der Waals surface area contributed by atoms with Crippen molar-refractivity contribution in [2.45, 2.75) is 25.8 Å². The summed E-state index contributed by atoms with van der Waals surface area (Å²) in [6.45, 7) is 7.85. The van der Waals surface area contributed by atoms with Gasteiger partial charge in [-0.15, -0.1) is 0 Å². The van der Waals surface area contributed by atoms with Gasteiger partial charge in [-0.3, -0.25) is 9.69 Å². The second-order valence-electron chi connectivity index (χ2n) is 6.45. The molecular formula is C18H27N3O3. The van der Waals surface area contributed by atoms with Crippen LogP contribution in [0.15, 0.2) is 18.2 Å². The van der Waals surface area contributed by atoms with Crippen molar-refractivity contribution in [2.24, 2.45) is 0 Å². The molecule has 2 N–H and O–H groups in total. The number of carbonyl (C=O) groups is 1. The number of rotatable bonds is 6. The van der Waals surface area contributed by atoms with Crippen LogP contribution in [0.3, 0.4) is 0 Å². The fourth-order valence-corrected chi connectivity index (χ4v) is 3.14. The molecule has 3 rings (SSSR count). The molecule has 1 atom stereocenters. The maximum Gasteiger partial charge on any atom is 0.243 e. The zero-order valence-corrected chi connectivity index (χ0v) is 14.3. The summed E-state index contributed by atoms with van der Waals surface area (Å²) in [4.78, 5) is 14.6. The molecule has 132 valence electrons. The van der Waals surface area contributed by atoms with E-state index in [2.05, 4.69) is 15.5 Å². The van der Waals surface area contributed by atoms with Crippen molar-refractivity contribution in [1.82, 2.24) is 10.2 Å². The summed E-state index contributed by atoms with van der Waals surface area (Å²) < 4.78 is 11.2. The molecule has 24 heavy (non-hydrogen) atoms. The van der Waals surface area contributed by atoms with Gasteiger partial charge in [-0.25, -0.2) is 0 Å². The third kappa shape index (κ3) is 4.69. The molecule has 0 spiro atoms. The standard InChI is InChI=1S/C18H27N3O3/c1-14-12-15(20-18(22)16-13-23-10-6-19-16)4-5-17(14)24-11-9-21-7-2-3-8-21/h4-5,12,16,19H,2-3,6-11,13H2,1H3,(H,20,22). The third-order valence-corrected chi connectivity index (χ3v) is 4.54. The molecule has 2 saturated heterocycles. The summed E-state index contributed by atoms with van der Waals surface area (Å²) in [5.41, 5.74) is 1.82. The topological polar surface area (TPSA) is 62.8 Å². The lowest BCUT2D eigenvalue weighted by Crippen LogP contribution is -2.48. The number of anilines is 1. The Kier molecular flexibility index (Phi) is 6.07. The fourth-order valence-electron chi connectivity index (χ4n) is 3.14. The summed E-state index contributed by atoms with van der Waals surface area (Å²) in [5, 5.41) is 6.09. The molecule has 1 amide bonds. The maximum absolute atomic E-state index is 12.2. The number of hydrogen-bond acceptors (Lipinski definition) is 5. The van der Waals surface area contributed by atoms with E-state index in [4.69, 9.17) is 9.47 Å². The average molecular weight is 333 g/mol. The highest BCUT2D eigenvalue weighted by molar-refractivity contribution is 5.95. The number of amides is 1. The van der Waals surface area contributed by atoms with Gasteiger partial charge in [0.15, 0.2) is 0 Å². The predicted molar refractivity (Wildman–Crippen MR) is 93.6 cm³/mol. The molecule has 2 fully saturated rings. The molecule has 2 aliphatic heterocycles. The zero-order chi connectivity index (χ0) is 16.8. The van der Waals surface area contributed by atoms with E-state index in [9.17, 15) is 4.79 Å². The van der Waals surface area contributed by atoms with Crippen LogP contribution in [0, 0.1) is 6.92 Å². The lowest BCUT2D eigenvalue weighted by Gasteiger charge is -2.23. The van der Waals surface area contributed by atoms with Crippen LogP contribution >= 0.6 is 0 Å². The summed E-state index contributed by atoms with van der Waals surface area (Å²) in [6.07, 6.45) is 2.60. The first-order chi connectivity index (χ1) is 11.7. The van der Waals surface area contributed by atoms with Crippen LogP contribution in [-0.2, 0) is 9.53 Å². The summed E-state index contributed by atoms with van der Waals surface area (Å²) in [7, 11) is 0. The highest BCUT2D eigenvalue weighted by atomic mass is 16.5. The van der Waals surface area contributed by atoms with Crippen molar-refractivity contribution in [2.75, 3.05) is 51.3 Å². The number of carbonyl (C=O) groups excluding carboxylic acids is 1. The fraction of sp³-hybridized carbons (Fsp3) is 0.611. The highest BCUT2D eigenvalue weighted by Crippen LogP contribution is 2.22. The molecule has 2 heterocycles. The van der Waals surface area contributed by atoms with E-state index >= 15 is 0 Å². The van der Waals surface area contributed by atoms with Crippen molar-refractivity contribution in [3.05, 3.63) is 23.8 Å². The number of likely N-dealkylation sites (tertiary alicyclic amines) is 1. The number of nitrogens with one attached hydrogen (secondary N) is 2. The molecule has 6 nitrogen and oxygen atoms in total. The van der Waals surface area contributed by atoms with Crippen LogP contribution in [0.2, 0.25) is 0 Å². The predicted octanol–water partition coefficient (Wildman–Crippen LogP) is 1.40. The van der Waals surface area contributed by atoms with E-state index in [1.54, 1.807) is 0 Å². The smallest absolute Gasteiger partial charge is 0.243 e. The van der Waals surface area contributed by atoms with E-state index < -0.39 is 0 Å². The van der Waals surface area contributed by atoms with Crippen LogP contribution in [0.25, 0.3) is 0 Å². The second kappa shape index (κ2) is 8.46. The van der Waals surface area contributed by atoms with Crippen LogP contribution in [-0.4, -0.2) is 62.8 Å². The van der Waals surface area contributed by atoms with Crippen molar-refractivity contribution in [1.29, 1.82) is 0 Å². The summed E-state index contributed by atoms with van der Waals surface area (Å²) in [6, 6.07) is 5.49. The van der Waals surface area contributed by atoms with Crippen molar-refractivity contribution >= 4 is 11.6 Å². The van der Waals surface area contributed by atoms with Gasteiger partial charge in [0.1, 0.15) is 18.4 Å². The van der Waals surface area contributed by atoms with Gasteiger partial charge in [-0.1, -0.05) is 0 Å². The normalized spacial score (nSPS) is 21.6. The Bertz CT molecular complexity index is 552. The Morgan fingerprint density at radius 1 is 1.42 bits per heavy atom. The Morgan fingerprint density at radius 3 is 2.96 bits per heavy atom. The van der Waals surface area contributed by atoms with E-state index in [0.717, 1.165) is 23.5 Å². The average Bonchev–Trinajstić information content (AvgIpc) is 3.11. The molecule has 1 aromatic rings. The van der Waals surface area contributed by atoms with E-state index in [-0.39, 0.29) is 11.9 Å². The Hall–Kier alpha value is -1.63. The van der Waals surface area contributed by atoms with Crippen molar-refractivity contribution in [3.8, 4) is 5.75 Å². The largest absolute Gasteiger partial charge is 0.492 e. The number of benzene rings is 1. The molecule has 0 saturated carbocycles.